The van der Waals surface area contributed by atoms with Crippen LogP contribution in [0, 0.1) is 0 Å². The zero-order valence-electron chi connectivity index (χ0n) is 12.4. The van der Waals surface area contributed by atoms with Crippen LogP contribution in [0.15, 0.2) is 28.7 Å². The van der Waals surface area contributed by atoms with E-state index in [4.69, 9.17) is 9.15 Å². The van der Waals surface area contributed by atoms with Crippen LogP contribution >= 0.6 is 0 Å². The maximum Gasteiger partial charge on any atom is 0.253 e. The lowest BCUT2D eigenvalue weighted by atomic mass is 9.97. The largest absolute Gasteiger partial charge is 0.484 e. The van der Waals surface area contributed by atoms with Crippen LogP contribution in [-0.2, 0) is 18.6 Å². The van der Waals surface area contributed by atoms with Crippen molar-refractivity contribution in [2.24, 2.45) is 0 Å². The molecule has 0 radical (unpaired) electrons. The molecule has 0 saturated heterocycles. The Labute approximate surface area is 119 Å². The summed E-state index contributed by atoms with van der Waals surface area (Å²) in [5.74, 6) is 1.92. The lowest BCUT2D eigenvalue weighted by Gasteiger charge is -2.11. The summed E-state index contributed by atoms with van der Waals surface area (Å²) in [6.07, 6.45) is 0. The number of nitrogens with one attached hydrogen (secondary N) is 1. The van der Waals surface area contributed by atoms with Crippen molar-refractivity contribution < 1.29 is 9.15 Å². The van der Waals surface area contributed by atoms with Gasteiger partial charge in [0.15, 0.2) is 6.61 Å². The first-order valence-corrected chi connectivity index (χ1v) is 6.68. The van der Waals surface area contributed by atoms with E-state index in [1.165, 1.54) is 5.56 Å². The summed E-state index contributed by atoms with van der Waals surface area (Å²) in [4.78, 5) is 0. The quantitative estimate of drug-likeness (QED) is 0.909. The zero-order chi connectivity index (χ0) is 14.6. The molecule has 0 spiro atoms. The van der Waals surface area contributed by atoms with Crippen molar-refractivity contribution in [2.45, 2.75) is 39.3 Å². The molecule has 2 rings (SSSR count). The van der Waals surface area contributed by atoms with Gasteiger partial charge in [-0.2, -0.15) is 0 Å². The fourth-order valence-corrected chi connectivity index (χ4v) is 1.71. The van der Waals surface area contributed by atoms with E-state index in [2.05, 4.69) is 15.5 Å². The van der Waals surface area contributed by atoms with Crippen molar-refractivity contribution >= 4 is 0 Å². The van der Waals surface area contributed by atoms with Crippen LogP contribution in [0.5, 0.6) is 5.75 Å². The van der Waals surface area contributed by atoms with Gasteiger partial charge in [-0.1, -0.05) is 32.9 Å². The highest BCUT2D eigenvalue weighted by molar-refractivity contribution is 5.28. The van der Waals surface area contributed by atoms with Gasteiger partial charge in [0.05, 0.1) is 0 Å². The Bertz CT molecular complexity index is 558. The van der Waals surface area contributed by atoms with Crippen LogP contribution in [0.25, 0.3) is 0 Å². The zero-order valence-corrected chi connectivity index (χ0v) is 12.4. The van der Waals surface area contributed by atoms with Gasteiger partial charge < -0.3 is 14.5 Å². The Morgan fingerprint density at radius 3 is 2.70 bits per heavy atom. The summed E-state index contributed by atoms with van der Waals surface area (Å²) in [5.41, 5.74) is 1.03. The number of benzene rings is 1. The molecule has 0 aliphatic carbocycles. The number of hydrogen-bond acceptors (Lipinski definition) is 5. The second-order valence-corrected chi connectivity index (χ2v) is 5.72. The number of rotatable bonds is 5. The molecule has 1 aromatic heterocycles. The van der Waals surface area contributed by atoms with Gasteiger partial charge in [0.2, 0.25) is 5.89 Å². The smallest absolute Gasteiger partial charge is 0.253 e. The van der Waals surface area contributed by atoms with Crippen LogP contribution in [0.2, 0.25) is 0 Å². The van der Waals surface area contributed by atoms with E-state index in [-0.39, 0.29) is 12.0 Å². The first-order chi connectivity index (χ1) is 9.49. The molecule has 0 fully saturated rings. The maximum atomic E-state index is 5.68. The third-order valence-corrected chi connectivity index (χ3v) is 2.75. The minimum Gasteiger partial charge on any atom is -0.484 e. The number of aromatic nitrogens is 2. The standard InChI is InChI=1S/C15H21N3O2/c1-15(2,3)14-18-17-13(20-14)10-19-12-7-5-6-11(8-12)9-16-4/h5-8,16H,9-10H2,1-4H3. The second kappa shape index (κ2) is 6.05. The minimum atomic E-state index is -0.141. The Morgan fingerprint density at radius 2 is 2.05 bits per heavy atom. The van der Waals surface area contributed by atoms with Crippen LogP contribution in [0.4, 0.5) is 0 Å². The Hall–Kier alpha value is -1.88. The predicted octanol–water partition coefficient (Wildman–Crippen LogP) is 2.67. The summed E-state index contributed by atoms with van der Waals surface area (Å²) >= 11 is 0. The summed E-state index contributed by atoms with van der Waals surface area (Å²) in [6.45, 7) is 7.20. The third-order valence-electron chi connectivity index (χ3n) is 2.75. The SMILES string of the molecule is CNCc1cccc(OCc2nnc(C(C)(C)C)o2)c1. The average Bonchev–Trinajstić information content (AvgIpc) is 2.86. The lowest BCUT2D eigenvalue weighted by molar-refractivity contribution is 0.251. The van der Waals surface area contributed by atoms with E-state index in [0.717, 1.165) is 12.3 Å². The van der Waals surface area contributed by atoms with Crippen LogP contribution in [0.1, 0.15) is 38.1 Å². The topological polar surface area (TPSA) is 60.2 Å². The highest BCUT2D eigenvalue weighted by atomic mass is 16.5. The monoisotopic (exact) mass is 275 g/mol. The third kappa shape index (κ3) is 3.81. The van der Waals surface area contributed by atoms with Crippen molar-refractivity contribution in [3.63, 3.8) is 0 Å². The van der Waals surface area contributed by atoms with Gasteiger partial charge in [-0.05, 0) is 24.7 Å². The van der Waals surface area contributed by atoms with E-state index in [1.807, 2.05) is 52.1 Å². The van der Waals surface area contributed by atoms with Gasteiger partial charge in [-0.15, -0.1) is 10.2 Å². The van der Waals surface area contributed by atoms with Crippen molar-refractivity contribution in [3.8, 4) is 5.75 Å². The number of ether oxygens (including phenoxy) is 1. The van der Waals surface area contributed by atoms with E-state index >= 15 is 0 Å². The molecule has 0 atom stereocenters. The normalized spacial score (nSPS) is 11.6. The first-order valence-electron chi connectivity index (χ1n) is 6.68. The molecule has 2 aromatic rings. The maximum absolute atomic E-state index is 5.68. The molecule has 0 amide bonds. The van der Waals surface area contributed by atoms with Crippen molar-refractivity contribution in [2.75, 3.05) is 7.05 Å². The molecular formula is C15H21N3O2. The summed E-state index contributed by atoms with van der Waals surface area (Å²) in [6, 6.07) is 7.93. The van der Waals surface area contributed by atoms with Crippen LogP contribution in [0.3, 0.4) is 0 Å². The first kappa shape index (κ1) is 14.5. The molecule has 5 heteroatoms. The van der Waals surface area contributed by atoms with Gasteiger partial charge in [0.1, 0.15) is 5.75 Å². The Balaban J connectivity index is 1.98. The van der Waals surface area contributed by atoms with Gasteiger partial charge in [-0.3, -0.25) is 0 Å². The molecule has 20 heavy (non-hydrogen) atoms. The van der Waals surface area contributed by atoms with Crippen molar-refractivity contribution in [1.82, 2.24) is 15.5 Å². The molecule has 0 aliphatic heterocycles. The fraction of sp³-hybridized carbons (Fsp3) is 0.467. The molecule has 1 aromatic carbocycles. The second-order valence-electron chi connectivity index (χ2n) is 5.72. The van der Waals surface area contributed by atoms with Gasteiger partial charge >= 0.3 is 0 Å². The van der Waals surface area contributed by atoms with E-state index < -0.39 is 0 Å². The fourth-order valence-electron chi connectivity index (χ4n) is 1.71. The van der Waals surface area contributed by atoms with Crippen molar-refractivity contribution in [3.05, 3.63) is 41.6 Å². The van der Waals surface area contributed by atoms with E-state index in [1.54, 1.807) is 0 Å². The molecule has 0 saturated carbocycles. The number of hydrogen-bond donors (Lipinski definition) is 1. The summed E-state index contributed by atoms with van der Waals surface area (Å²) < 4.78 is 11.3. The molecule has 0 aliphatic rings. The summed E-state index contributed by atoms with van der Waals surface area (Å²) in [5, 5.41) is 11.2. The van der Waals surface area contributed by atoms with E-state index in [9.17, 15) is 0 Å². The number of nitrogens with zero attached hydrogens (tertiary/aromatic N) is 2. The average molecular weight is 275 g/mol. The summed E-state index contributed by atoms with van der Waals surface area (Å²) in [7, 11) is 1.92. The van der Waals surface area contributed by atoms with Crippen LogP contribution < -0.4 is 10.1 Å². The highest BCUT2D eigenvalue weighted by Gasteiger charge is 2.21. The lowest BCUT2D eigenvalue weighted by Crippen LogP contribution is -2.11. The molecule has 108 valence electrons. The molecule has 0 bridgehead atoms. The van der Waals surface area contributed by atoms with Gasteiger partial charge in [0, 0.05) is 12.0 Å². The molecular weight excluding hydrogens is 254 g/mol. The molecule has 1 heterocycles. The molecule has 1 N–H and O–H groups in total. The van der Waals surface area contributed by atoms with Gasteiger partial charge in [0.25, 0.3) is 5.89 Å². The predicted molar refractivity (Wildman–Crippen MR) is 76.5 cm³/mol. The van der Waals surface area contributed by atoms with E-state index in [0.29, 0.717) is 11.8 Å². The Kier molecular flexibility index (Phi) is 4.39. The molecule has 5 nitrogen and oxygen atoms in total. The van der Waals surface area contributed by atoms with Crippen molar-refractivity contribution in [1.29, 1.82) is 0 Å². The van der Waals surface area contributed by atoms with Gasteiger partial charge in [-0.25, -0.2) is 0 Å². The van der Waals surface area contributed by atoms with Crippen LogP contribution in [-0.4, -0.2) is 17.2 Å². The Morgan fingerprint density at radius 1 is 1.25 bits per heavy atom. The minimum absolute atomic E-state index is 0.141. The molecule has 0 unspecified atom stereocenters. The highest BCUT2D eigenvalue weighted by Crippen LogP contribution is 2.21.